The van der Waals surface area contributed by atoms with E-state index < -0.39 is 0 Å². The Morgan fingerprint density at radius 2 is 1.73 bits per heavy atom. The molecule has 0 saturated carbocycles. The number of carbonyl (C=O) groups excluding carboxylic acids is 1. The maximum atomic E-state index is 11.8. The molecular weight excluding hydrogens is 350 g/mol. The van der Waals surface area contributed by atoms with Gasteiger partial charge in [-0.15, -0.1) is 0 Å². The molecule has 138 valence electrons. The Balaban J connectivity index is 1.68. The standard InChI is InChI=1S/C19H23N3O3S/c1-13-4-9-17(14(2)12-13)20-19(26)22-21-18(23)10-11-25-16-7-5-15(24-3)6-8-16/h4-9,12H,10-11H2,1-3H3,(H,21,23)(H2,20,22,26). The summed E-state index contributed by atoms with van der Waals surface area (Å²) in [6, 6.07) is 13.2. The van der Waals surface area contributed by atoms with Crippen LogP contribution in [0, 0.1) is 13.8 Å². The fraction of sp³-hybridized carbons (Fsp3) is 0.263. The van der Waals surface area contributed by atoms with Crippen LogP contribution in [0.25, 0.3) is 0 Å². The van der Waals surface area contributed by atoms with E-state index in [-0.39, 0.29) is 18.9 Å². The van der Waals surface area contributed by atoms with Crippen molar-refractivity contribution in [1.29, 1.82) is 0 Å². The summed E-state index contributed by atoms with van der Waals surface area (Å²) in [5, 5.41) is 3.37. The predicted octanol–water partition coefficient (Wildman–Crippen LogP) is 3.10. The quantitative estimate of drug-likeness (QED) is 0.534. The van der Waals surface area contributed by atoms with Crippen molar-refractivity contribution >= 4 is 28.9 Å². The third kappa shape index (κ3) is 6.25. The molecular formula is C19H23N3O3S. The van der Waals surface area contributed by atoms with Crippen molar-refractivity contribution in [2.75, 3.05) is 19.0 Å². The molecule has 0 saturated heterocycles. The molecule has 0 aliphatic carbocycles. The first-order valence-electron chi connectivity index (χ1n) is 8.18. The number of hydrazine groups is 1. The predicted molar refractivity (Wildman–Crippen MR) is 107 cm³/mol. The Hall–Kier alpha value is -2.80. The first-order valence-corrected chi connectivity index (χ1v) is 8.58. The van der Waals surface area contributed by atoms with Gasteiger partial charge in [0.25, 0.3) is 0 Å². The van der Waals surface area contributed by atoms with Crippen LogP contribution in [-0.2, 0) is 4.79 Å². The van der Waals surface area contributed by atoms with Gasteiger partial charge in [0.2, 0.25) is 5.91 Å². The van der Waals surface area contributed by atoms with Gasteiger partial charge >= 0.3 is 0 Å². The molecule has 1 amide bonds. The zero-order chi connectivity index (χ0) is 18.9. The second-order valence-corrected chi connectivity index (χ2v) is 6.13. The number of anilines is 1. The van der Waals surface area contributed by atoms with Gasteiger partial charge in [-0.25, -0.2) is 0 Å². The molecule has 3 N–H and O–H groups in total. The number of amides is 1. The van der Waals surface area contributed by atoms with Gasteiger partial charge in [-0.3, -0.25) is 15.6 Å². The molecule has 7 heteroatoms. The Bertz CT molecular complexity index is 763. The third-order valence-corrected chi connectivity index (χ3v) is 3.81. The van der Waals surface area contributed by atoms with Gasteiger partial charge < -0.3 is 14.8 Å². The molecule has 0 atom stereocenters. The lowest BCUT2D eigenvalue weighted by Crippen LogP contribution is -2.44. The summed E-state index contributed by atoms with van der Waals surface area (Å²) in [4.78, 5) is 11.8. The second-order valence-electron chi connectivity index (χ2n) is 5.72. The van der Waals surface area contributed by atoms with Gasteiger partial charge in [-0.2, -0.15) is 0 Å². The smallest absolute Gasteiger partial charge is 0.241 e. The fourth-order valence-corrected chi connectivity index (χ4v) is 2.39. The van der Waals surface area contributed by atoms with Gasteiger partial charge in [0.1, 0.15) is 11.5 Å². The zero-order valence-electron chi connectivity index (χ0n) is 15.1. The van der Waals surface area contributed by atoms with E-state index in [2.05, 4.69) is 22.2 Å². The van der Waals surface area contributed by atoms with E-state index in [4.69, 9.17) is 21.7 Å². The maximum absolute atomic E-state index is 11.8. The minimum atomic E-state index is -0.219. The number of rotatable bonds is 6. The molecule has 0 fully saturated rings. The molecule has 0 spiro atoms. The van der Waals surface area contributed by atoms with Crippen molar-refractivity contribution in [2.45, 2.75) is 20.3 Å². The van der Waals surface area contributed by atoms with Crippen LogP contribution in [0.2, 0.25) is 0 Å². The lowest BCUT2D eigenvalue weighted by atomic mass is 10.1. The topological polar surface area (TPSA) is 71.6 Å². The molecule has 2 rings (SSSR count). The molecule has 0 radical (unpaired) electrons. The number of benzene rings is 2. The molecule has 0 bridgehead atoms. The van der Waals surface area contributed by atoms with E-state index in [0.717, 1.165) is 17.0 Å². The Morgan fingerprint density at radius 1 is 1.04 bits per heavy atom. The highest BCUT2D eigenvalue weighted by Gasteiger charge is 2.05. The monoisotopic (exact) mass is 373 g/mol. The number of methoxy groups -OCH3 is 1. The number of ether oxygens (including phenoxy) is 2. The number of thiocarbonyl (C=S) groups is 1. The lowest BCUT2D eigenvalue weighted by Gasteiger charge is -2.14. The van der Waals surface area contributed by atoms with E-state index >= 15 is 0 Å². The molecule has 2 aromatic rings. The minimum absolute atomic E-state index is 0.200. The minimum Gasteiger partial charge on any atom is -0.497 e. The van der Waals surface area contributed by atoms with Crippen molar-refractivity contribution in [3.63, 3.8) is 0 Å². The first kappa shape index (κ1) is 19.5. The zero-order valence-corrected chi connectivity index (χ0v) is 15.9. The molecule has 26 heavy (non-hydrogen) atoms. The summed E-state index contributed by atoms with van der Waals surface area (Å²) in [5.74, 6) is 1.21. The normalized spacial score (nSPS) is 9.96. The van der Waals surface area contributed by atoms with Crippen LogP contribution in [0.4, 0.5) is 5.69 Å². The maximum Gasteiger partial charge on any atom is 0.241 e. The second kappa shape index (κ2) is 9.62. The van der Waals surface area contributed by atoms with E-state index in [9.17, 15) is 4.79 Å². The van der Waals surface area contributed by atoms with Crippen molar-refractivity contribution in [2.24, 2.45) is 0 Å². The molecule has 0 heterocycles. The van der Waals surface area contributed by atoms with Gasteiger partial charge in [0.15, 0.2) is 5.11 Å². The highest BCUT2D eigenvalue weighted by atomic mass is 32.1. The van der Waals surface area contributed by atoms with E-state index in [1.54, 1.807) is 31.4 Å². The Labute approximate surface area is 158 Å². The van der Waals surface area contributed by atoms with Crippen molar-refractivity contribution in [3.8, 4) is 11.5 Å². The van der Waals surface area contributed by atoms with Crippen LogP contribution in [0.3, 0.4) is 0 Å². The van der Waals surface area contributed by atoms with Crippen molar-refractivity contribution in [3.05, 3.63) is 53.6 Å². The lowest BCUT2D eigenvalue weighted by molar-refractivity contribution is -0.122. The third-order valence-electron chi connectivity index (χ3n) is 3.60. The van der Waals surface area contributed by atoms with Crippen molar-refractivity contribution < 1.29 is 14.3 Å². The number of hydrogen-bond acceptors (Lipinski definition) is 4. The Morgan fingerprint density at radius 3 is 2.38 bits per heavy atom. The van der Waals surface area contributed by atoms with Crippen LogP contribution < -0.4 is 25.6 Å². The van der Waals surface area contributed by atoms with Crippen LogP contribution in [0.5, 0.6) is 11.5 Å². The average molecular weight is 373 g/mol. The van der Waals surface area contributed by atoms with E-state index in [1.165, 1.54) is 5.56 Å². The van der Waals surface area contributed by atoms with Crippen LogP contribution >= 0.6 is 12.2 Å². The number of carbonyl (C=O) groups is 1. The summed E-state index contributed by atoms with van der Waals surface area (Å²) in [6.45, 7) is 4.28. The summed E-state index contributed by atoms with van der Waals surface area (Å²) in [6.07, 6.45) is 0.200. The molecule has 6 nitrogen and oxygen atoms in total. The van der Waals surface area contributed by atoms with E-state index in [1.807, 2.05) is 26.0 Å². The number of aryl methyl sites for hydroxylation is 2. The van der Waals surface area contributed by atoms with Crippen LogP contribution in [0.15, 0.2) is 42.5 Å². The van der Waals surface area contributed by atoms with Crippen LogP contribution in [0.1, 0.15) is 17.5 Å². The van der Waals surface area contributed by atoms with Crippen molar-refractivity contribution in [1.82, 2.24) is 10.9 Å². The van der Waals surface area contributed by atoms with Gasteiger partial charge in [-0.1, -0.05) is 17.7 Å². The highest BCUT2D eigenvalue weighted by Crippen LogP contribution is 2.17. The summed E-state index contributed by atoms with van der Waals surface area (Å²) < 4.78 is 10.6. The fourth-order valence-electron chi connectivity index (χ4n) is 2.23. The number of nitrogens with one attached hydrogen (secondary N) is 3. The average Bonchev–Trinajstić information content (AvgIpc) is 2.63. The Kier molecular flexibility index (Phi) is 7.23. The SMILES string of the molecule is COc1ccc(OCCC(=O)NNC(=S)Nc2ccc(C)cc2C)cc1. The molecule has 0 unspecified atom stereocenters. The summed E-state index contributed by atoms with van der Waals surface area (Å²) >= 11 is 5.18. The molecule has 2 aromatic carbocycles. The van der Waals surface area contributed by atoms with E-state index in [0.29, 0.717) is 10.9 Å². The summed E-state index contributed by atoms with van der Waals surface area (Å²) in [5.41, 5.74) is 8.38. The van der Waals surface area contributed by atoms with Crippen LogP contribution in [-0.4, -0.2) is 24.7 Å². The summed E-state index contributed by atoms with van der Waals surface area (Å²) in [7, 11) is 1.60. The molecule has 0 aliphatic heterocycles. The van der Waals surface area contributed by atoms with Gasteiger partial charge in [0.05, 0.1) is 20.1 Å². The highest BCUT2D eigenvalue weighted by molar-refractivity contribution is 7.80. The van der Waals surface area contributed by atoms with Gasteiger partial charge in [0, 0.05) is 5.69 Å². The largest absolute Gasteiger partial charge is 0.497 e. The molecule has 0 aliphatic rings. The number of hydrogen-bond donors (Lipinski definition) is 3. The first-order chi connectivity index (χ1) is 12.5. The van der Waals surface area contributed by atoms with Gasteiger partial charge in [-0.05, 0) is 62.0 Å². The molecule has 0 aromatic heterocycles.